The molecule has 0 radical (unpaired) electrons. The van der Waals surface area contributed by atoms with Crippen molar-refractivity contribution >= 4 is 22.9 Å². The minimum atomic E-state index is -1.10. The van der Waals surface area contributed by atoms with Gasteiger partial charge in [-0.15, -0.1) is 0 Å². The summed E-state index contributed by atoms with van der Waals surface area (Å²) in [6.45, 7) is -0.0683. The third-order valence-electron chi connectivity index (χ3n) is 3.83. The number of carbonyl (C=O) groups excluding carboxylic acids is 1. The van der Waals surface area contributed by atoms with Gasteiger partial charge in [0.1, 0.15) is 5.82 Å². The summed E-state index contributed by atoms with van der Waals surface area (Å²) in [5.41, 5.74) is 1.88. The first kappa shape index (κ1) is 16.8. The van der Waals surface area contributed by atoms with Gasteiger partial charge in [0.05, 0.1) is 11.6 Å². The number of pyridine rings is 1. The fourth-order valence-corrected chi connectivity index (χ4v) is 2.54. The second-order valence-electron chi connectivity index (χ2n) is 5.53. The molecule has 1 aromatic heterocycles. The summed E-state index contributed by atoms with van der Waals surface area (Å²) in [5.74, 6) is -0.862. The first-order valence-electron chi connectivity index (χ1n) is 7.87. The molecule has 1 atom stereocenters. The number of aromatic nitrogens is 1. The van der Waals surface area contributed by atoms with Gasteiger partial charge >= 0.3 is 0 Å². The van der Waals surface area contributed by atoms with E-state index < -0.39 is 11.9 Å². The lowest BCUT2D eigenvalue weighted by molar-refractivity contribution is -0.116. The molecule has 1 heterocycles. The van der Waals surface area contributed by atoms with Crippen LogP contribution >= 0.6 is 0 Å². The highest BCUT2D eigenvalue weighted by Crippen LogP contribution is 2.18. The molecule has 126 valence electrons. The fraction of sp³-hybridized carbons (Fsp3) is 0.100. The number of hydrogen-bond donors (Lipinski definition) is 2. The molecule has 2 aromatic carbocycles. The Kier molecular flexibility index (Phi) is 5.16. The molecule has 0 spiro atoms. The highest BCUT2D eigenvalue weighted by molar-refractivity contribution is 5.95. The van der Waals surface area contributed by atoms with Gasteiger partial charge < -0.3 is 10.4 Å². The number of carbonyl (C=O) groups is 1. The minimum absolute atomic E-state index is 0.0683. The molecule has 5 heteroatoms. The molecule has 0 saturated heterocycles. The highest BCUT2D eigenvalue weighted by atomic mass is 19.1. The fourth-order valence-electron chi connectivity index (χ4n) is 2.54. The lowest BCUT2D eigenvalue weighted by Crippen LogP contribution is -2.27. The summed E-state index contributed by atoms with van der Waals surface area (Å²) in [7, 11) is 0. The van der Waals surface area contributed by atoms with Crippen LogP contribution in [0.25, 0.3) is 17.0 Å². The number of nitrogens with one attached hydrogen (secondary N) is 1. The van der Waals surface area contributed by atoms with E-state index in [0.717, 1.165) is 16.5 Å². The summed E-state index contributed by atoms with van der Waals surface area (Å²) < 4.78 is 13.6. The van der Waals surface area contributed by atoms with Crippen LogP contribution in [0.5, 0.6) is 0 Å². The Morgan fingerprint density at radius 1 is 1.16 bits per heavy atom. The Labute approximate surface area is 144 Å². The zero-order valence-electron chi connectivity index (χ0n) is 13.4. The van der Waals surface area contributed by atoms with Crippen LogP contribution in [-0.4, -0.2) is 22.5 Å². The van der Waals surface area contributed by atoms with E-state index in [2.05, 4.69) is 10.3 Å². The molecule has 0 aliphatic rings. The maximum atomic E-state index is 13.6. The van der Waals surface area contributed by atoms with Gasteiger partial charge in [-0.1, -0.05) is 36.4 Å². The molecule has 3 aromatic rings. The molecule has 0 saturated carbocycles. The summed E-state index contributed by atoms with van der Waals surface area (Å²) in [5, 5.41) is 13.5. The van der Waals surface area contributed by atoms with Crippen molar-refractivity contribution < 1.29 is 14.3 Å². The van der Waals surface area contributed by atoms with Gasteiger partial charge in [-0.2, -0.15) is 0 Å². The van der Waals surface area contributed by atoms with E-state index in [9.17, 15) is 14.3 Å². The molecule has 3 rings (SSSR count). The van der Waals surface area contributed by atoms with Crippen LogP contribution in [0.1, 0.15) is 17.2 Å². The van der Waals surface area contributed by atoms with E-state index in [1.165, 1.54) is 18.2 Å². The number of nitrogens with zero attached hydrogens (tertiary/aromatic N) is 1. The molecule has 0 aliphatic heterocycles. The molecule has 0 aliphatic carbocycles. The third kappa shape index (κ3) is 4.08. The van der Waals surface area contributed by atoms with Gasteiger partial charge in [0.2, 0.25) is 5.91 Å². The van der Waals surface area contributed by atoms with Gasteiger partial charge in [-0.25, -0.2) is 4.39 Å². The van der Waals surface area contributed by atoms with Crippen LogP contribution < -0.4 is 5.32 Å². The van der Waals surface area contributed by atoms with Gasteiger partial charge in [0.15, 0.2) is 0 Å². The second-order valence-corrected chi connectivity index (χ2v) is 5.53. The second kappa shape index (κ2) is 7.68. The van der Waals surface area contributed by atoms with Crippen LogP contribution in [0, 0.1) is 5.82 Å². The van der Waals surface area contributed by atoms with Crippen LogP contribution in [0.4, 0.5) is 4.39 Å². The van der Waals surface area contributed by atoms with E-state index in [0.29, 0.717) is 0 Å². The van der Waals surface area contributed by atoms with Crippen molar-refractivity contribution in [3.05, 3.63) is 83.8 Å². The summed E-state index contributed by atoms with van der Waals surface area (Å²) >= 11 is 0. The van der Waals surface area contributed by atoms with Gasteiger partial charge in [-0.3, -0.25) is 9.78 Å². The van der Waals surface area contributed by atoms with Crippen LogP contribution in [0.2, 0.25) is 0 Å². The Hall–Kier alpha value is -3.05. The van der Waals surface area contributed by atoms with E-state index in [1.807, 2.05) is 30.3 Å². The normalized spacial score (nSPS) is 12.4. The molecule has 4 nitrogen and oxygen atoms in total. The Morgan fingerprint density at radius 2 is 1.92 bits per heavy atom. The van der Waals surface area contributed by atoms with Gasteiger partial charge in [0.25, 0.3) is 0 Å². The number of para-hydroxylation sites is 1. The zero-order valence-corrected chi connectivity index (χ0v) is 13.4. The number of aliphatic hydroxyl groups excluding tert-OH is 1. The number of halogens is 1. The first-order valence-corrected chi connectivity index (χ1v) is 7.87. The Morgan fingerprint density at radius 3 is 2.76 bits per heavy atom. The van der Waals surface area contributed by atoms with Crippen LogP contribution in [0.15, 0.2) is 66.9 Å². The number of aliphatic hydroxyl groups is 1. The van der Waals surface area contributed by atoms with Crippen molar-refractivity contribution in [1.29, 1.82) is 0 Å². The Bertz CT molecular complexity index is 919. The van der Waals surface area contributed by atoms with E-state index in [1.54, 1.807) is 24.4 Å². The molecule has 0 bridgehead atoms. The quantitative estimate of drug-likeness (QED) is 0.703. The van der Waals surface area contributed by atoms with Crippen LogP contribution in [-0.2, 0) is 4.79 Å². The largest absolute Gasteiger partial charge is 0.386 e. The lowest BCUT2D eigenvalue weighted by atomic mass is 10.1. The van der Waals surface area contributed by atoms with Gasteiger partial charge in [0, 0.05) is 29.8 Å². The van der Waals surface area contributed by atoms with E-state index >= 15 is 0 Å². The van der Waals surface area contributed by atoms with Crippen molar-refractivity contribution in [2.45, 2.75) is 6.10 Å². The van der Waals surface area contributed by atoms with Crippen LogP contribution in [0.3, 0.4) is 0 Å². The first-order chi connectivity index (χ1) is 12.1. The standard InChI is InChI=1S/C20H17FN2O2/c21-17-7-3-1-6-16(17)19(24)13-23-20(25)10-9-14-11-12-22-18-8-4-2-5-15(14)18/h1-12,19,24H,13H2,(H,23,25)/b10-9+. The topological polar surface area (TPSA) is 62.2 Å². The number of benzene rings is 2. The van der Waals surface area contributed by atoms with Crippen molar-refractivity contribution in [3.63, 3.8) is 0 Å². The average Bonchev–Trinajstić information content (AvgIpc) is 2.64. The number of fused-ring (bicyclic) bond motifs is 1. The number of rotatable bonds is 5. The van der Waals surface area contributed by atoms with E-state index in [-0.39, 0.29) is 18.0 Å². The molecule has 1 amide bonds. The maximum absolute atomic E-state index is 13.6. The SMILES string of the molecule is O=C(/C=C/c1ccnc2ccccc12)NCC(O)c1ccccc1F. The summed E-state index contributed by atoms with van der Waals surface area (Å²) in [6, 6.07) is 15.4. The molecular formula is C20H17FN2O2. The van der Waals surface area contributed by atoms with Gasteiger partial charge in [-0.05, 0) is 29.8 Å². The predicted molar refractivity (Wildman–Crippen MR) is 95.1 cm³/mol. The summed E-state index contributed by atoms with van der Waals surface area (Å²) in [4.78, 5) is 16.2. The number of amides is 1. The van der Waals surface area contributed by atoms with Crippen molar-refractivity contribution in [3.8, 4) is 0 Å². The monoisotopic (exact) mass is 336 g/mol. The predicted octanol–water partition coefficient (Wildman–Crippen LogP) is 3.24. The smallest absolute Gasteiger partial charge is 0.244 e. The molecule has 1 unspecified atom stereocenters. The van der Waals surface area contributed by atoms with Crippen molar-refractivity contribution in [2.75, 3.05) is 6.54 Å². The van der Waals surface area contributed by atoms with Crippen molar-refractivity contribution in [2.24, 2.45) is 0 Å². The third-order valence-corrected chi connectivity index (χ3v) is 3.83. The Balaban J connectivity index is 1.64. The number of hydrogen-bond acceptors (Lipinski definition) is 3. The van der Waals surface area contributed by atoms with Crippen molar-refractivity contribution in [1.82, 2.24) is 10.3 Å². The zero-order chi connectivity index (χ0) is 17.6. The molecule has 0 fully saturated rings. The molecular weight excluding hydrogens is 319 g/mol. The summed E-state index contributed by atoms with van der Waals surface area (Å²) in [6.07, 6.45) is 3.66. The maximum Gasteiger partial charge on any atom is 0.244 e. The molecule has 2 N–H and O–H groups in total. The highest BCUT2D eigenvalue weighted by Gasteiger charge is 2.12. The minimum Gasteiger partial charge on any atom is -0.386 e. The van der Waals surface area contributed by atoms with E-state index in [4.69, 9.17) is 0 Å². The molecule has 25 heavy (non-hydrogen) atoms. The lowest BCUT2D eigenvalue weighted by Gasteiger charge is -2.12. The average molecular weight is 336 g/mol.